The molecule has 0 spiro atoms. The van der Waals surface area contributed by atoms with Crippen LogP contribution in [0, 0.1) is 0 Å². The third-order valence-corrected chi connectivity index (χ3v) is 0. The Morgan fingerprint density at radius 1 is 1.17 bits per heavy atom. The van der Waals surface area contributed by atoms with Crippen molar-refractivity contribution in [1.29, 1.82) is 0 Å². The summed E-state index contributed by atoms with van der Waals surface area (Å²) in [5, 5.41) is 0. The molecule has 2 radical (unpaired) electrons. The molecule has 0 heterocycles. The summed E-state index contributed by atoms with van der Waals surface area (Å²) in [4.78, 5) is 26.8. The number of hydrogen-bond donors (Lipinski definition) is 0. The zero-order valence-corrected chi connectivity index (χ0v) is 5.13. The Morgan fingerprint density at radius 3 is 1.17 bits per heavy atom. The third-order valence-electron chi connectivity index (χ3n) is 0. The SMILES string of the molecule is [O-]P([O-])([O-])=S.[P+3]. The van der Waals surface area contributed by atoms with Crippen LogP contribution in [-0.4, -0.2) is 0 Å². The molecule has 3 nitrogen and oxygen atoms in total. The minimum Gasteiger partial charge on any atom is -0.844 e. The van der Waals surface area contributed by atoms with Gasteiger partial charge in [0.15, 0.2) is 0 Å². The van der Waals surface area contributed by atoms with Gasteiger partial charge in [-0.25, -0.2) is 0 Å². The Bertz CT molecular complexity index is 54.9. The van der Waals surface area contributed by atoms with Crippen molar-refractivity contribution >= 4 is 28.4 Å². The Morgan fingerprint density at radius 2 is 1.17 bits per heavy atom. The first-order valence-corrected chi connectivity index (χ1v) is 3.29. The van der Waals surface area contributed by atoms with Crippen molar-refractivity contribution in [2.75, 3.05) is 0 Å². The first kappa shape index (κ1) is 10.0. The molecule has 0 aliphatic rings. The summed E-state index contributed by atoms with van der Waals surface area (Å²) >= 11 is 3.27. The first-order chi connectivity index (χ1) is 2.00. The van der Waals surface area contributed by atoms with Gasteiger partial charge in [-0.1, -0.05) is 0 Å². The summed E-state index contributed by atoms with van der Waals surface area (Å²) in [7, 11) is 0. The molecule has 0 aromatic heterocycles. The fraction of sp³-hybridized carbons (Fsp3) is 0. The maximum atomic E-state index is 8.92. The van der Waals surface area contributed by atoms with E-state index in [0.717, 1.165) is 0 Å². The number of rotatable bonds is 0. The van der Waals surface area contributed by atoms with Crippen LogP contribution in [0.2, 0.25) is 0 Å². The fourth-order valence-corrected chi connectivity index (χ4v) is 0. The Balaban J connectivity index is 0. The standard InChI is InChI=1S/H3O3PS.P/c1-4(2,3)5;/h(H3,1,2,3,5);/q;+3/p-3. The van der Waals surface area contributed by atoms with Gasteiger partial charge in [0.25, 0.3) is 0 Å². The van der Waals surface area contributed by atoms with E-state index in [0.29, 0.717) is 0 Å². The van der Waals surface area contributed by atoms with Gasteiger partial charge in [0.1, 0.15) is 0 Å². The molecule has 0 aliphatic carbocycles. The molecule has 0 saturated heterocycles. The smallest absolute Gasteiger partial charge is 0.844 e. The summed E-state index contributed by atoms with van der Waals surface area (Å²) in [6.45, 7) is -4.56. The van der Waals surface area contributed by atoms with Crippen molar-refractivity contribution in [2.45, 2.75) is 0 Å². The molecule has 0 unspecified atom stereocenters. The van der Waals surface area contributed by atoms with Crippen molar-refractivity contribution in [1.82, 2.24) is 0 Å². The van der Waals surface area contributed by atoms with E-state index in [-0.39, 0.29) is 9.90 Å². The van der Waals surface area contributed by atoms with Gasteiger partial charge in [-0.3, -0.25) is 0 Å². The normalized spacial score (nSPS) is 9.83. The maximum Gasteiger partial charge on any atom is 3.00 e. The van der Waals surface area contributed by atoms with Gasteiger partial charge < -0.3 is 21.4 Å². The van der Waals surface area contributed by atoms with Gasteiger partial charge in [-0.05, 0) is 0 Å². The van der Waals surface area contributed by atoms with Crippen LogP contribution in [0.15, 0.2) is 0 Å². The minimum absolute atomic E-state index is 0. The number of hydrogen-bond acceptors (Lipinski definition) is 4. The largest absolute Gasteiger partial charge is 3.00 e. The van der Waals surface area contributed by atoms with Gasteiger partial charge in [0.2, 0.25) is 0 Å². The van der Waals surface area contributed by atoms with E-state index >= 15 is 0 Å². The van der Waals surface area contributed by atoms with Crippen LogP contribution in [0.25, 0.3) is 0 Å². The van der Waals surface area contributed by atoms with Crippen LogP contribution in [0.1, 0.15) is 0 Å². The Hall–Kier alpha value is 0.960. The molecule has 0 aromatic carbocycles. The second-order valence-electron chi connectivity index (χ2n) is 0.447. The van der Waals surface area contributed by atoms with E-state index in [9.17, 15) is 0 Å². The van der Waals surface area contributed by atoms with Gasteiger partial charge in [-0.15, -0.1) is 0 Å². The van der Waals surface area contributed by atoms with E-state index in [1.165, 1.54) is 0 Å². The molecule has 0 aliphatic heterocycles. The van der Waals surface area contributed by atoms with Gasteiger partial charge >= 0.3 is 9.90 Å². The molecule has 6 heteroatoms. The van der Waals surface area contributed by atoms with Gasteiger partial charge in [0, 0.05) is 0 Å². The maximum absolute atomic E-state index is 8.92. The average Bonchev–Trinajstić information content (AvgIpc) is 0.722. The zero-order chi connectivity index (χ0) is 4.50. The van der Waals surface area contributed by atoms with Crippen molar-refractivity contribution in [2.24, 2.45) is 0 Å². The molecule has 0 aromatic rings. The minimum atomic E-state index is -4.56. The molecule has 6 heavy (non-hydrogen) atoms. The summed E-state index contributed by atoms with van der Waals surface area (Å²) < 4.78 is 0. The average molecular weight is 142 g/mol. The van der Waals surface area contributed by atoms with Crippen molar-refractivity contribution in [3.05, 3.63) is 0 Å². The molecule has 0 fully saturated rings. The molecule has 0 N–H and O–H groups in total. The predicted octanol–water partition coefficient (Wildman–Crippen LogP) is -1.85. The van der Waals surface area contributed by atoms with Crippen LogP contribution in [0.4, 0.5) is 0 Å². The van der Waals surface area contributed by atoms with E-state index in [1.54, 1.807) is 0 Å². The zero-order valence-electron chi connectivity index (χ0n) is 2.53. The monoisotopic (exact) mass is 142 g/mol. The summed E-state index contributed by atoms with van der Waals surface area (Å²) in [5.74, 6) is 0. The van der Waals surface area contributed by atoms with Crippen LogP contribution in [0.5, 0.6) is 0 Å². The van der Waals surface area contributed by atoms with Crippen molar-refractivity contribution < 1.29 is 14.7 Å². The van der Waals surface area contributed by atoms with Gasteiger partial charge in [0.05, 0.1) is 0 Å². The summed E-state index contributed by atoms with van der Waals surface area (Å²) in [6.07, 6.45) is 0. The molecule has 0 saturated carbocycles. The van der Waals surface area contributed by atoms with Crippen molar-refractivity contribution in [3.8, 4) is 0 Å². The quantitative estimate of drug-likeness (QED) is 0.372. The Labute approximate surface area is 43.9 Å². The van der Waals surface area contributed by atoms with E-state index in [1.807, 2.05) is 0 Å². The molecular weight excluding hydrogens is 142 g/mol. The fourth-order valence-electron chi connectivity index (χ4n) is 0. The van der Waals surface area contributed by atoms with E-state index in [4.69, 9.17) is 14.7 Å². The second kappa shape index (κ2) is 3.03. The third kappa shape index (κ3) is 84.4. The summed E-state index contributed by atoms with van der Waals surface area (Å²) in [5.41, 5.74) is 0. The molecule has 0 atom stereocenters. The molecule has 34 valence electrons. The van der Waals surface area contributed by atoms with E-state index < -0.39 is 6.72 Å². The van der Waals surface area contributed by atoms with Gasteiger partial charge in [-0.2, -0.15) is 11.8 Å². The summed E-state index contributed by atoms with van der Waals surface area (Å²) in [6, 6.07) is 0. The Kier molecular flexibility index (Phi) is 5.07. The van der Waals surface area contributed by atoms with Crippen LogP contribution >= 0.6 is 16.6 Å². The topological polar surface area (TPSA) is 69.2 Å². The van der Waals surface area contributed by atoms with Crippen molar-refractivity contribution in [3.63, 3.8) is 0 Å². The molecular formula is O3P2S. The molecule has 0 bridgehead atoms. The second-order valence-corrected chi connectivity index (χ2v) is 2.68. The van der Waals surface area contributed by atoms with E-state index in [2.05, 4.69) is 11.8 Å². The van der Waals surface area contributed by atoms with Crippen LogP contribution in [0.3, 0.4) is 0 Å². The molecule has 0 rings (SSSR count). The molecule has 0 amide bonds. The predicted molar refractivity (Wildman–Crippen MR) is 21.2 cm³/mol. The first-order valence-electron chi connectivity index (χ1n) is 0.730. The van der Waals surface area contributed by atoms with Crippen LogP contribution < -0.4 is 14.7 Å². The van der Waals surface area contributed by atoms with Crippen LogP contribution in [-0.2, 0) is 11.8 Å².